The number of rotatable bonds is 4. The number of amides is 1. The largest absolute Gasteiger partial charge is 0.479 e. The Bertz CT molecular complexity index is 1290. The number of hydrogen-bond acceptors (Lipinski definition) is 6. The minimum absolute atomic E-state index is 0.0663. The van der Waals surface area contributed by atoms with Crippen LogP contribution in [0.2, 0.25) is 0 Å². The lowest BCUT2D eigenvalue weighted by atomic mass is 10.0. The number of anilines is 1. The van der Waals surface area contributed by atoms with Gasteiger partial charge in [0, 0.05) is 36.8 Å². The van der Waals surface area contributed by atoms with Crippen molar-refractivity contribution < 1.29 is 13.9 Å². The second-order valence-electron chi connectivity index (χ2n) is 7.57. The first-order chi connectivity index (χ1) is 15.0. The zero-order valence-corrected chi connectivity index (χ0v) is 17.1. The Labute approximate surface area is 177 Å². The van der Waals surface area contributed by atoms with Crippen molar-refractivity contribution in [2.75, 3.05) is 25.5 Å². The van der Waals surface area contributed by atoms with E-state index in [-0.39, 0.29) is 24.9 Å². The molecular formula is C22H21FN6O2. The third kappa shape index (κ3) is 3.41. The Kier molecular flexibility index (Phi) is 4.65. The zero-order chi connectivity index (χ0) is 21.5. The molecule has 4 heterocycles. The summed E-state index contributed by atoms with van der Waals surface area (Å²) >= 11 is 0. The minimum atomic E-state index is -1.19. The summed E-state index contributed by atoms with van der Waals surface area (Å²) in [4.78, 5) is 21.9. The Morgan fingerprint density at radius 3 is 2.90 bits per heavy atom. The van der Waals surface area contributed by atoms with Crippen LogP contribution in [0.15, 0.2) is 48.8 Å². The molecule has 1 aromatic carbocycles. The lowest BCUT2D eigenvalue weighted by molar-refractivity contribution is -0.128. The number of nitrogens with one attached hydrogen (secondary N) is 1. The highest BCUT2D eigenvalue weighted by Gasteiger charge is 2.34. The number of alkyl halides is 1. The number of halogens is 1. The highest BCUT2D eigenvalue weighted by molar-refractivity contribution is 5.90. The summed E-state index contributed by atoms with van der Waals surface area (Å²) in [5, 5.41) is 8.54. The Balaban J connectivity index is 1.51. The Hall–Kier alpha value is -3.75. The van der Waals surface area contributed by atoms with E-state index in [1.807, 2.05) is 36.5 Å². The van der Waals surface area contributed by atoms with Gasteiger partial charge in [0.25, 0.3) is 0 Å². The number of hydrogen-bond donors (Lipinski definition) is 1. The highest BCUT2D eigenvalue weighted by Crippen LogP contribution is 2.33. The molecule has 4 aromatic rings. The van der Waals surface area contributed by atoms with Crippen LogP contribution < -0.4 is 10.1 Å². The Morgan fingerprint density at radius 1 is 1.26 bits per heavy atom. The third-order valence-corrected chi connectivity index (χ3v) is 5.59. The summed E-state index contributed by atoms with van der Waals surface area (Å²) < 4.78 is 21.6. The van der Waals surface area contributed by atoms with Crippen LogP contribution in [0.3, 0.4) is 0 Å². The SMILES string of the molecule is COc1nc(N[C@H]2CN(C(C)=O)C[C@H]2F)nn2ccc(-c3ccc4ncccc4c3)c12. The molecule has 1 N–H and O–H groups in total. The van der Waals surface area contributed by atoms with Crippen molar-refractivity contribution in [3.05, 3.63) is 48.8 Å². The van der Waals surface area contributed by atoms with Gasteiger partial charge in [-0.2, -0.15) is 4.98 Å². The van der Waals surface area contributed by atoms with Gasteiger partial charge < -0.3 is 15.0 Å². The maximum Gasteiger partial charge on any atom is 0.244 e. The predicted octanol–water partition coefficient (Wildman–Crippen LogP) is 2.93. The van der Waals surface area contributed by atoms with E-state index in [0.717, 1.165) is 22.0 Å². The molecule has 1 amide bonds. The number of nitrogens with zero attached hydrogens (tertiary/aromatic N) is 5. The van der Waals surface area contributed by atoms with Gasteiger partial charge in [-0.25, -0.2) is 8.91 Å². The molecule has 0 bridgehead atoms. The topological polar surface area (TPSA) is 84.6 Å². The molecule has 158 valence electrons. The molecule has 8 nitrogen and oxygen atoms in total. The number of fused-ring (bicyclic) bond motifs is 2. The lowest BCUT2D eigenvalue weighted by Crippen LogP contribution is -2.32. The molecule has 1 aliphatic rings. The molecule has 2 atom stereocenters. The second-order valence-corrected chi connectivity index (χ2v) is 7.57. The standard InChI is InChI=1S/C22H21FN6O2/c1-13(30)28-11-17(23)19(12-28)25-22-26-21(31-2)20-16(7-9-29(20)27-22)14-5-6-18-15(10-14)4-3-8-24-18/h3-10,17,19H,11-12H2,1-2H3,(H,25,27)/t17-,19+/m1/s1. The molecule has 0 saturated carbocycles. The average Bonchev–Trinajstić information content (AvgIpc) is 3.37. The third-order valence-electron chi connectivity index (χ3n) is 5.59. The molecule has 0 radical (unpaired) electrons. The summed E-state index contributed by atoms with van der Waals surface area (Å²) in [6.45, 7) is 1.77. The number of methoxy groups -OCH3 is 1. The average molecular weight is 420 g/mol. The van der Waals surface area contributed by atoms with Crippen LogP contribution in [0.1, 0.15) is 6.92 Å². The Morgan fingerprint density at radius 2 is 2.13 bits per heavy atom. The van der Waals surface area contributed by atoms with Crippen molar-refractivity contribution >= 4 is 28.3 Å². The fraction of sp³-hybridized carbons (Fsp3) is 0.273. The number of pyridine rings is 1. The maximum absolute atomic E-state index is 14.4. The van der Waals surface area contributed by atoms with Crippen LogP contribution in [0.25, 0.3) is 27.5 Å². The van der Waals surface area contributed by atoms with E-state index >= 15 is 0 Å². The van der Waals surface area contributed by atoms with E-state index in [2.05, 4.69) is 26.4 Å². The smallest absolute Gasteiger partial charge is 0.244 e. The minimum Gasteiger partial charge on any atom is -0.479 e. The molecule has 9 heteroatoms. The molecule has 1 aliphatic heterocycles. The summed E-state index contributed by atoms with van der Waals surface area (Å²) in [6, 6.07) is 11.3. The number of carbonyl (C=O) groups is 1. The van der Waals surface area contributed by atoms with Crippen molar-refractivity contribution in [3.8, 4) is 17.0 Å². The van der Waals surface area contributed by atoms with Gasteiger partial charge >= 0.3 is 0 Å². The number of aromatic nitrogens is 4. The van der Waals surface area contributed by atoms with Gasteiger partial charge in [-0.3, -0.25) is 9.78 Å². The molecule has 0 unspecified atom stereocenters. The summed E-state index contributed by atoms with van der Waals surface area (Å²) in [5.41, 5.74) is 3.54. The van der Waals surface area contributed by atoms with E-state index in [0.29, 0.717) is 11.4 Å². The van der Waals surface area contributed by atoms with Gasteiger partial charge in [-0.1, -0.05) is 12.1 Å². The lowest BCUT2D eigenvalue weighted by Gasteiger charge is -2.16. The van der Waals surface area contributed by atoms with Crippen molar-refractivity contribution in [1.82, 2.24) is 24.5 Å². The summed E-state index contributed by atoms with van der Waals surface area (Å²) in [5.74, 6) is 0.467. The van der Waals surface area contributed by atoms with Crippen molar-refractivity contribution in [1.29, 1.82) is 0 Å². The zero-order valence-electron chi connectivity index (χ0n) is 17.1. The van der Waals surface area contributed by atoms with Crippen molar-refractivity contribution in [2.24, 2.45) is 0 Å². The summed E-state index contributed by atoms with van der Waals surface area (Å²) in [7, 11) is 1.54. The normalized spacial score (nSPS) is 18.6. The molecule has 5 rings (SSSR count). The van der Waals surface area contributed by atoms with E-state index < -0.39 is 12.2 Å². The first-order valence-electron chi connectivity index (χ1n) is 9.98. The molecule has 1 saturated heterocycles. The molecule has 0 aliphatic carbocycles. The number of benzene rings is 1. The summed E-state index contributed by atoms with van der Waals surface area (Å²) in [6.07, 6.45) is 2.39. The second kappa shape index (κ2) is 7.50. The van der Waals surface area contributed by atoms with Crippen LogP contribution in [0.4, 0.5) is 10.3 Å². The van der Waals surface area contributed by atoms with Crippen molar-refractivity contribution in [2.45, 2.75) is 19.1 Å². The number of ether oxygens (including phenoxy) is 1. The molecule has 0 spiro atoms. The van der Waals surface area contributed by atoms with E-state index in [4.69, 9.17) is 4.74 Å². The number of likely N-dealkylation sites (tertiary alicyclic amines) is 1. The van der Waals surface area contributed by atoms with Crippen LogP contribution >= 0.6 is 0 Å². The van der Waals surface area contributed by atoms with Crippen LogP contribution in [-0.4, -0.2) is 62.8 Å². The van der Waals surface area contributed by atoms with E-state index in [1.54, 1.807) is 10.7 Å². The monoisotopic (exact) mass is 420 g/mol. The predicted molar refractivity (Wildman–Crippen MR) is 115 cm³/mol. The fourth-order valence-corrected chi connectivity index (χ4v) is 3.99. The van der Waals surface area contributed by atoms with Gasteiger partial charge in [0.05, 0.1) is 25.2 Å². The van der Waals surface area contributed by atoms with Gasteiger partial charge in [-0.15, -0.1) is 5.10 Å². The molecule has 3 aromatic heterocycles. The van der Waals surface area contributed by atoms with Gasteiger partial charge in [0.15, 0.2) is 0 Å². The maximum atomic E-state index is 14.4. The van der Waals surface area contributed by atoms with Crippen LogP contribution in [0, 0.1) is 0 Å². The van der Waals surface area contributed by atoms with Gasteiger partial charge in [-0.05, 0) is 29.8 Å². The number of carbonyl (C=O) groups excluding carboxylic acids is 1. The first-order valence-corrected chi connectivity index (χ1v) is 9.98. The molecule has 1 fully saturated rings. The van der Waals surface area contributed by atoms with Crippen molar-refractivity contribution in [3.63, 3.8) is 0 Å². The fourth-order valence-electron chi connectivity index (χ4n) is 3.99. The van der Waals surface area contributed by atoms with Gasteiger partial charge in [0.2, 0.25) is 17.7 Å². The van der Waals surface area contributed by atoms with Gasteiger partial charge in [0.1, 0.15) is 11.7 Å². The quantitative estimate of drug-likeness (QED) is 0.547. The van der Waals surface area contributed by atoms with E-state index in [9.17, 15) is 9.18 Å². The molecular weight excluding hydrogens is 399 g/mol. The van der Waals surface area contributed by atoms with E-state index in [1.165, 1.54) is 18.9 Å². The first kappa shape index (κ1) is 19.2. The highest BCUT2D eigenvalue weighted by atomic mass is 19.1. The van der Waals surface area contributed by atoms with Crippen LogP contribution in [0.5, 0.6) is 5.88 Å². The molecule has 31 heavy (non-hydrogen) atoms. The van der Waals surface area contributed by atoms with Crippen LogP contribution in [-0.2, 0) is 4.79 Å².